The number of hydrogen-bond acceptors (Lipinski definition) is 12. The summed E-state index contributed by atoms with van der Waals surface area (Å²) in [5, 5.41) is 10.9. The molecular formula is C53H66N6O12. The van der Waals surface area contributed by atoms with Crippen LogP contribution in [-0.2, 0) is 56.1 Å². The van der Waals surface area contributed by atoms with Gasteiger partial charge in [-0.1, -0.05) is 45.0 Å². The molecule has 3 aliphatic heterocycles. The molecular weight excluding hydrogens is 913 g/mol. The fourth-order valence-corrected chi connectivity index (χ4v) is 8.94. The van der Waals surface area contributed by atoms with E-state index in [2.05, 4.69) is 21.3 Å². The number of amides is 7. The van der Waals surface area contributed by atoms with Crippen molar-refractivity contribution >= 4 is 64.5 Å². The SMILES string of the molecule is CCC(C)(C)C(=O)C(=O)N1CCCCC1C(=O)OC(CCc1ccc(OC)c(OC)c1)c1cccc(NC(=O)CCCC(=O)NCCCCC(=O)Nc2cccc3c2CN(C2CCC(=O)NC2=O)C3=O)c1. The Hall–Kier alpha value is -7.11. The Bertz CT molecular complexity index is 2510. The van der Waals surface area contributed by atoms with Gasteiger partial charge in [0.2, 0.25) is 35.3 Å². The molecule has 0 radical (unpaired) electrons. The van der Waals surface area contributed by atoms with Gasteiger partial charge in [-0.05, 0) is 112 Å². The number of carbonyl (C=O) groups is 9. The van der Waals surface area contributed by atoms with Gasteiger partial charge in [0.05, 0.1) is 14.2 Å². The van der Waals surface area contributed by atoms with Crippen molar-refractivity contribution in [1.82, 2.24) is 20.4 Å². The van der Waals surface area contributed by atoms with E-state index in [1.54, 1.807) is 76.6 Å². The predicted octanol–water partition coefficient (Wildman–Crippen LogP) is 6.10. The number of ether oxygens (including phenoxy) is 3. The van der Waals surface area contributed by atoms with Crippen LogP contribution in [-0.4, -0.2) is 102 Å². The molecule has 6 rings (SSSR count). The third-order valence-corrected chi connectivity index (χ3v) is 13.5. The van der Waals surface area contributed by atoms with E-state index in [4.69, 9.17) is 14.2 Å². The summed E-state index contributed by atoms with van der Waals surface area (Å²) in [5.74, 6) is -2.72. The van der Waals surface area contributed by atoms with Crippen molar-refractivity contribution in [3.63, 3.8) is 0 Å². The number of unbranched alkanes of at least 4 members (excludes halogenated alkanes) is 1. The molecule has 0 bridgehead atoms. The molecule has 0 aromatic heterocycles. The Kier molecular flexibility index (Phi) is 18.5. The molecule has 3 aromatic rings. The monoisotopic (exact) mass is 978 g/mol. The average Bonchev–Trinajstić information content (AvgIpc) is 3.70. The summed E-state index contributed by atoms with van der Waals surface area (Å²) in [5.41, 5.74) is 2.60. The van der Waals surface area contributed by atoms with Gasteiger partial charge >= 0.3 is 5.97 Å². The van der Waals surface area contributed by atoms with Crippen molar-refractivity contribution in [3.8, 4) is 11.5 Å². The zero-order valence-corrected chi connectivity index (χ0v) is 41.3. The second-order valence-corrected chi connectivity index (χ2v) is 18.8. The number of fused-ring (bicyclic) bond motifs is 1. The first-order valence-electron chi connectivity index (χ1n) is 24.5. The molecule has 0 saturated carbocycles. The van der Waals surface area contributed by atoms with E-state index in [9.17, 15) is 43.2 Å². The minimum atomic E-state index is -0.927. The van der Waals surface area contributed by atoms with Gasteiger partial charge < -0.3 is 40.0 Å². The van der Waals surface area contributed by atoms with Crippen molar-refractivity contribution in [2.45, 2.75) is 135 Å². The first kappa shape index (κ1) is 53.2. The number of imide groups is 1. The number of ketones is 1. The van der Waals surface area contributed by atoms with Crippen molar-refractivity contribution in [3.05, 3.63) is 82.9 Å². The van der Waals surface area contributed by atoms with Gasteiger partial charge in [0.15, 0.2) is 11.5 Å². The van der Waals surface area contributed by atoms with Gasteiger partial charge in [-0.3, -0.25) is 43.7 Å². The summed E-state index contributed by atoms with van der Waals surface area (Å²) >= 11 is 0. The maximum atomic E-state index is 14.0. The lowest BCUT2D eigenvalue weighted by Crippen LogP contribution is -2.53. The first-order valence-corrected chi connectivity index (χ1v) is 24.5. The smallest absolute Gasteiger partial charge is 0.329 e. The van der Waals surface area contributed by atoms with Crippen LogP contribution in [0.1, 0.15) is 137 Å². The predicted molar refractivity (Wildman–Crippen MR) is 262 cm³/mol. The second-order valence-electron chi connectivity index (χ2n) is 18.8. The van der Waals surface area contributed by atoms with Crippen LogP contribution in [0.4, 0.5) is 11.4 Å². The van der Waals surface area contributed by atoms with Gasteiger partial charge in [-0.25, -0.2) is 4.79 Å². The lowest BCUT2D eigenvalue weighted by Gasteiger charge is -2.36. The number of benzene rings is 3. The Balaban J connectivity index is 0.969. The largest absolute Gasteiger partial charge is 0.493 e. The van der Waals surface area contributed by atoms with Gasteiger partial charge in [0.25, 0.3) is 11.8 Å². The highest BCUT2D eigenvalue weighted by atomic mass is 16.5. The highest BCUT2D eigenvalue weighted by Crippen LogP contribution is 2.34. The number of rotatable bonds is 23. The van der Waals surface area contributed by atoms with Crippen molar-refractivity contribution in [2.75, 3.05) is 37.9 Å². The number of methoxy groups -OCH3 is 2. The van der Waals surface area contributed by atoms with E-state index in [0.717, 1.165) is 5.56 Å². The van der Waals surface area contributed by atoms with Crippen LogP contribution in [0, 0.1) is 5.41 Å². The molecule has 3 unspecified atom stereocenters. The number of hydrogen-bond donors (Lipinski definition) is 4. The number of likely N-dealkylation sites (tertiary alicyclic amines) is 1. The van der Waals surface area contributed by atoms with Gasteiger partial charge in [-0.2, -0.15) is 0 Å². The van der Waals surface area contributed by atoms with Crippen LogP contribution in [0.15, 0.2) is 60.7 Å². The number of nitrogens with one attached hydrogen (secondary N) is 4. The van der Waals surface area contributed by atoms with Gasteiger partial charge in [0.1, 0.15) is 18.2 Å². The number of piperidine rings is 2. The minimum Gasteiger partial charge on any atom is -0.493 e. The zero-order valence-electron chi connectivity index (χ0n) is 41.3. The molecule has 71 heavy (non-hydrogen) atoms. The molecule has 18 heteroatoms. The standard InChI is InChI=1S/C53H66N6O12/c1-6-53(2,3)48(64)51(67)58-29-10-8-18-40(58)52(68)71-41(25-22-33-23-26-42(69-4)43(30-33)70-5)34-14-11-15-35(31-34)55-45(61)21-13-20-44(60)54-28-9-7-19-46(62)56-38-17-12-16-36-37(38)32-59(50(36)66)39-24-27-47(63)57-49(39)65/h11-12,14-17,23,26,30-31,39-41H,6-10,13,18-22,24-25,27-29,32H2,1-5H3,(H,54,60)(H,55,61)(H,56,62)(H,57,63,65). The average molecular weight is 979 g/mol. The van der Waals surface area contributed by atoms with Crippen molar-refractivity contribution in [2.24, 2.45) is 5.41 Å². The molecule has 0 aliphatic carbocycles. The Morgan fingerprint density at radius 3 is 2.30 bits per heavy atom. The number of Topliss-reactive ketones (excluding diaryl/α,β-unsaturated/α-hetero) is 1. The molecule has 18 nitrogen and oxygen atoms in total. The number of carbonyl (C=O) groups excluding carboxylic acids is 9. The topological polar surface area (TPSA) is 236 Å². The number of esters is 1. The third kappa shape index (κ3) is 13.8. The molecule has 0 spiro atoms. The zero-order chi connectivity index (χ0) is 51.2. The molecule has 7 amide bonds. The fraction of sp³-hybridized carbons (Fsp3) is 0.491. The normalized spacial score (nSPS) is 17.1. The molecule has 3 heterocycles. The minimum absolute atomic E-state index is 0.0642. The van der Waals surface area contributed by atoms with E-state index in [1.165, 1.54) is 9.80 Å². The van der Waals surface area contributed by atoms with Gasteiger partial charge in [0, 0.05) is 73.2 Å². The molecule has 4 N–H and O–H groups in total. The van der Waals surface area contributed by atoms with Crippen LogP contribution in [0.3, 0.4) is 0 Å². The van der Waals surface area contributed by atoms with Gasteiger partial charge in [-0.15, -0.1) is 0 Å². The van der Waals surface area contributed by atoms with E-state index >= 15 is 0 Å². The third-order valence-electron chi connectivity index (χ3n) is 13.5. The summed E-state index contributed by atoms with van der Waals surface area (Å²) < 4.78 is 17.1. The van der Waals surface area contributed by atoms with Crippen LogP contribution >= 0.6 is 0 Å². The number of aryl methyl sites for hydroxylation is 1. The van der Waals surface area contributed by atoms with E-state index in [1.807, 2.05) is 19.1 Å². The van der Waals surface area contributed by atoms with E-state index < -0.39 is 47.2 Å². The summed E-state index contributed by atoms with van der Waals surface area (Å²) in [6.45, 7) is 6.03. The molecule has 2 fully saturated rings. The summed E-state index contributed by atoms with van der Waals surface area (Å²) in [6.07, 6.45) is 4.23. The lowest BCUT2D eigenvalue weighted by atomic mass is 9.84. The highest BCUT2D eigenvalue weighted by Gasteiger charge is 2.42. The highest BCUT2D eigenvalue weighted by molar-refractivity contribution is 6.38. The van der Waals surface area contributed by atoms with Crippen LogP contribution < -0.4 is 30.7 Å². The quantitative estimate of drug-likeness (QED) is 0.0365. The van der Waals surface area contributed by atoms with Crippen LogP contribution in [0.5, 0.6) is 11.5 Å². The molecule has 3 aliphatic rings. The second kappa shape index (κ2) is 24.6. The van der Waals surface area contributed by atoms with E-state index in [0.29, 0.717) is 97.5 Å². The number of anilines is 2. The molecule has 3 atom stereocenters. The molecule has 380 valence electrons. The Morgan fingerprint density at radius 1 is 0.817 bits per heavy atom. The maximum Gasteiger partial charge on any atom is 0.329 e. The first-order chi connectivity index (χ1) is 34.0. The molecule has 3 aromatic carbocycles. The fourth-order valence-electron chi connectivity index (χ4n) is 8.94. The van der Waals surface area contributed by atoms with Crippen LogP contribution in [0.2, 0.25) is 0 Å². The molecule has 2 saturated heterocycles. The Labute approximate surface area is 414 Å². The Morgan fingerprint density at radius 2 is 1.55 bits per heavy atom. The maximum absolute atomic E-state index is 14.0. The number of nitrogens with zero attached hydrogens (tertiary/aromatic N) is 2. The van der Waals surface area contributed by atoms with Crippen molar-refractivity contribution < 1.29 is 57.4 Å². The van der Waals surface area contributed by atoms with E-state index in [-0.39, 0.29) is 81.2 Å². The summed E-state index contributed by atoms with van der Waals surface area (Å²) in [4.78, 5) is 119. The van der Waals surface area contributed by atoms with Crippen molar-refractivity contribution in [1.29, 1.82) is 0 Å². The van der Waals surface area contributed by atoms with Crippen LogP contribution in [0.25, 0.3) is 0 Å². The lowest BCUT2D eigenvalue weighted by molar-refractivity contribution is -0.164. The summed E-state index contributed by atoms with van der Waals surface area (Å²) in [7, 11) is 3.10. The summed E-state index contributed by atoms with van der Waals surface area (Å²) in [6, 6.07) is 15.9.